The van der Waals surface area contributed by atoms with Crippen molar-refractivity contribution in [2.75, 3.05) is 0 Å². The summed E-state index contributed by atoms with van der Waals surface area (Å²) in [5, 5.41) is 31.5. The van der Waals surface area contributed by atoms with Crippen LogP contribution in [0.25, 0.3) is 0 Å². The third-order valence-electron chi connectivity index (χ3n) is 6.65. The van der Waals surface area contributed by atoms with Crippen LogP contribution in [0, 0.1) is 55.2 Å². The molecule has 0 aromatic heterocycles. The molecule has 88 valence electrons. The molecule has 0 heterocycles. The fourth-order valence-corrected chi connectivity index (χ4v) is 6.75. The molecule has 0 radical (unpaired) electrons. The zero-order chi connectivity index (χ0) is 12.1. The van der Waals surface area contributed by atoms with Crippen LogP contribution in [0.5, 0.6) is 0 Å². The molecule has 6 saturated carbocycles. The molecule has 0 aromatic carbocycles. The molecule has 4 atom stereocenters. The molecule has 0 amide bonds. The maximum Gasteiger partial charge on any atom is 0.318 e. The molecule has 17 heavy (non-hydrogen) atoms. The van der Waals surface area contributed by atoms with Crippen LogP contribution in [0.2, 0.25) is 0 Å². The summed E-state index contributed by atoms with van der Waals surface area (Å²) < 4.78 is 0. The third-order valence-corrected chi connectivity index (χ3v) is 6.65. The van der Waals surface area contributed by atoms with Gasteiger partial charge in [0.15, 0.2) is 5.41 Å². The molecule has 6 aliphatic carbocycles. The molecule has 0 aromatic rings. The quantitative estimate of drug-likeness (QED) is 0.509. The SMILES string of the molecule is O=C(O)C12C3C4C5C(C1C53[N+](=O)[O-])C42[N+](=O)[O-]. The Bertz CT molecular complexity index is 564. The maximum atomic E-state index is 11.3. The van der Waals surface area contributed by atoms with Crippen molar-refractivity contribution in [3.05, 3.63) is 20.2 Å². The lowest BCUT2D eigenvalue weighted by Gasteiger charge is -3.03. The lowest BCUT2D eigenvalue weighted by molar-refractivity contribution is -0.881. The molecule has 1 N–H and O–H groups in total. The standard InChI is InChI=1S/C9H6N2O6/c12-6(13)7-4-2-1-3(9(2,7)11(16)17)5(7)8(1,4)10(14)15/h1-5H,(H,12,13). The summed E-state index contributed by atoms with van der Waals surface area (Å²) in [6.45, 7) is 0. The van der Waals surface area contributed by atoms with Crippen LogP contribution in [-0.4, -0.2) is 32.0 Å². The van der Waals surface area contributed by atoms with Crippen molar-refractivity contribution in [1.82, 2.24) is 0 Å². The van der Waals surface area contributed by atoms with E-state index in [1.54, 1.807) is 0 Å². The second-order valence-corrected chi connectivity index (χ2v) is 5.93. The van der Waals surface area contributed by atoms with Gasteiger partial charge in [-0.3, -0.25) is 25.0 Å². The van der Waals surface area contributed by atoms with E-state index < -0.39 is 39.2 Å². The highest BCUT2D eigenvalue weighted by molar-refractivity contribution is 5.91. The van der Waals surface area contributed by atoms with Gasteiger partial charge in [0.25, 0.3) is 0 Å². The van der Waals surface area contributed by atoms with Crippen LogP contribution in [0.1, 0.15) is 0 Å². The molecule has 4 unspecified atom stereocenters. The van der Waals surface area contributed by atoms with Crippen LogP contribution < -0.4 is 0 Å². The predicted octanol–water partition coefficient (Wildman–Crippen LogP) is -0.763. The van der Waals surface area contributed by atoms with E-state index in [1.807, 2.05) is 0 Å². The highest BCUT2D eigenvalue weighted by Gasteiger charge is 3.28. The second kappa shape index (κ2) is 1.55. The number of carboxylic acid groups (broad SMARTS) is 1. The lowest BCUT2D eigenvalue weighted by Crippen LogP contribution is -3.22. The molecule has 0 aliphatic heterocycles. The van der Waals surface area contributed by atoms with Gasteiger partial charge in [-0.15, -0.1) is 0 Å². The summed E-state index contributed by atoms with van der Waals surface area (Å²) in [6, 6.07) is 0. The Labute approximate surface area is 92.9 Å². The van der Waals surface area contributed by atoms with Gasteiger partial charge in [-0.25, -0.2) is 0 Å². The van der Waals surface area contributed by atoms with E-state index in [-0.39, 0.29) is 22.7 Å². The van der Waals surface area contributed by atoms with Gasteiger partial charge in [0, 0.05) is 9.85 Å². The monoisotopic (exact) mass is 238 g/mol. The average molecular weight is 238 g/mol. The van der Waals surface area contributed by atoms with E-state index in [0.29, 0.717) is 0 Å². The highest BCUT2D eigenvalue weighted by Crippen LogP contribution is 3.09. The average Bonchev–Trinajstić information content (AvgIpc) is 2.26. The minimum atomic E-state index is -1.40. The molecule has 6 aliphatic rings. The van der Waals surface area contributed by atoms with Gasteiger partial charge in [-0.2, -0.15) is 0 Å². The van der Waals surface area contributed by atoms with Gasteiger partial charge in [-0.05, 0) is 0 Å². The number of carboxylic acids is 1. The van der Waals surface area contributed by atoms with E-state index in [0.717, 1.165) is 0 Å². The largest absolute Gasteiger partial charge is 0.481 e. The molecule has 8 nitrogen and oxygen atoms in total. The molecule has 8 heteroatoms. The highest BCUT2D eigenvalue weighted by atomic mass is 16.6. The summed E-state index contributed by atoms with van der Waals surface area (Å²) >= 11 is 0. The summed E-state index contributed by atoms with van der Waals surface area (Å²) in [7, 11) is 0. The van der Waals surface area contributed by atoms with E-state index in [1.165, 1.54) is 0 Å². The van der Waals surface area contributed by atoms with Crippen molar-refractivity contribution < 1.29 is 19.7 Å². The van der Waals surface area contributed by atoms with Crippen LogP contribution >= 0.6 is 0 Å². The smallest absolute Gasteiger partial charge is 0.318 e. The van der Waals surface area contributed by atoms with E-state index in [4.69, 9.17) is 0 Å². The Balaban J connectivity index is 1.72. The summed E-state index contributed by atoms with van der Waals surface area (Å²) in [6.07, 6.45) is 0. The Morgan fingerprint density at radius 1 is 1.06 bits per heavy atom. The number of hydrogen-bond donors (Lipinski definition) is 1. The number of carbonyl (C=O) groups is 1. The van der Waals surface area contributed by atoms with Crippen molar-refractivity contribution in [1.29, 1.82) is 0 Å². The Kier molecular flexibility index (Phi) is 0.763. The lowest BCUT2D eigenvalue weighted by atomic mass is 8.91. The van der Waals surface area contributed by atoms with Crippen LogP contribution in [-0.2, 0) is 4.79 Å². The van der Waals surface area contributed by atoms with Crippen molar-refractivity contribution in [2.24, 2.45) is 35.0 Å². The van der Waals surface area contributed by atoms with Crippen LogP contribution in [0.3, 0.4) is 0 Å². The van der Waals surface area contributed by atoms with Gasteiger partial charge >= 0.3 is 5.97 Å². The topological polar surface area (TPSA) is 124 Å². The minimum absolute atomic E-state index is 0.209. The molecular formula is C9H6N2O6. The number of hydrogen-bond acceptors (Lipinski definition) is 5. The van der Waals surface area contributed by atoms with Gasteiger partial charge in [0.1, 0.15) is 0 Å². The van der Waals surface area contributed by atoms with Crippen molar-refractivity contribution in [3.63, 3.8) is 0 Å². The number of nitro groups is 2. The summed E-state index contributed by atoms with van der Waals surface area (Å²) in [5.74, 6) is -3.24. The number of rotatable bonds is 3. The third kappa shape index (κ3) is 0.310. The molecule has 6 fully saturated rings. The second-order valence-electron chi connectivity index (χ2n) is 5.93. The normalized spacial score (nSPS) is 69.5. The van der Waals surface area contributed by atoms with Crippen molar-refractivity contribution >= 4 is 5.97 Å². The van der Waals surface area contributed by atoms with Gasteiger partial charge < -0.3 is 5.11 Å². The van der Waals surface area contributed by atoms with Gasteiger partial charge in [0.05, 0.1) is 29.6 Å². The van der Waals surface area contributed by atoms with Crippen LogP contribution in [0.15, 0.2) is 0 Å². The fraction of sp³-hybridized carbons (Fsp3) is 0.889. The van der Waals surface area contributed by atoms with Crippen LogP contribution in [0.4, 0.5) is 0 Å². The first-order valence-electron chi connectivity index (χ1n) is 5.46. The van der Waals surface area contributed by atoms with Gasteiger partial charge in [0.2, 0.25) is 11.1 Å². The van der Waals surface area contributed by atoms with E-state index in [9.17, 15) is 30.1 Å². The van der Waals surface area contributed by atoms with E-state index in [2.05, 4.69) is 0 Å². The zero-order valence-corrected chi connectivity index (χ0v) is 8.27. The first-order valence-corrected chi connectivity index (χ1v) is 5.46. The zero-order valence-electron chi connectivity index (χ0n) is 8.27. The van der Waals surface area contributed by atoms with Gasteiger partial charge in [-0.1, -0.05) is 0 Å². The number of aliphatic carboxylic acids is 1. The molecule has 6 rings (SSSR count). The summed E-state index contributed by atoms with van der Waals surface area (Å²) in [5.41, 5.74) is -3.82. The molecule has 0 bridgehead atoms. The van der Waals surface area contributed by atoms with E-state index >= 15 is 0 Å². The molecule has 0 saturated heterocycles. The number of nitrogens with zero attached hydrogens (tertiary/aromatic N) is 2. The Morgan fingerprint density at radius 3 is 1.94 bits per heavy atom. The Morgan fingerprint density at radius 2 is 1.59 bits per heavy atom. The minimum Gasteiger partial charge on any atom is -0.481 e. The fourth-order valence-electron chi connectivity index (χ4n) is 6.75. The first kappa shape index (κ1) is 8.37. The molecular weight excluding hydrogens is 232 g/mol. The maximum absolute atomic E-state index is 11.3. The van der Waals surface area contributed by atoms with Crippen molar-refractivity contribution in [3.8, 4) is 0 Å². The summed E-state index contributed by atoms with van der Waals surface area (Å²) in [4.78, 5) is 32.7. The molecule has 0 spiro atoms. The first-order chi connectivity index (χ1) is 7.93. The predicted molar refractivity (Wildman–Crippen MR) is 47.0 cm³/mol. The van der Waals surface area contributed by atoms with Crippen molar-refractivity contribution in [2.45, 2.75) is 11.1 Å². The Hall–Kier alpha value is -1.73.